The van der Waals surface area contributed by atoms with E-state index in [4.69, 9.17) is 4.74 Å². The molecule has 0 unspecified atom stereocenters. The summed E-state index contributed by atoms with van der Waals surface area (Å²) in [7, 11) is 1.79. The van der Waals surface area contributed by atoms with Crippen molar-refractivity contribution in [1.29, 1.82) is 0 Å². The summed E-state index contributed by atoms with van der Waals surface area (Å²) in [4.78, 5) is 19.3. The van der Waals surface area contributed by atoms with Crippen molar-refractivity contribution < 1.29 is 23.0 Å². The third-order valence-corrected chi connectivity index (χ3v) is 4.65. The smallest absolute Gasteiger partial charge is 0.387 e. The van der Waals surface area contributed by atoms with Gasteiger partial charge in [-0.25, -0.2) is 4.98 Å². The first-order valence-corrected chi connectivity index (χ1v) is 9.23. The Labute approximate surface area is 161 Å². The zero-order valence-electron chi connectivity index (χ0n) is 15.7. The molecule has 0 bridgehead atoms. The number of benzene rings is 1. The monoisotopic (exact) mass is 399 g/mol. The van der Waals surface area contributed by atoms with Crippen molar-refractivity contribution in [3.8, 4) is 11.5 Å². The molecule has 0 aliphatic heterocycles. The predicted molar refractivity (Wildman–Crippen MR) is 101 cm³/mol. The van der Waals surface area contributed by atoms with E-state index in [1.807, 2.05) is 13.8 Å². The van der Waals surface area contributed by atoms with Gasteiger partial charge in [-0.1, -0.05) is 6.07 Å². The van der Waals surface area contributed by atoms with E-state index in [0.29, 0.717) is 18.3 Å². The highest BCUT2D eigenvalue weighted by atomic mass is 32.1. The quantitative estimate of drug-likeness (QED) is 0.694. The number of rotatable bonds is 9. The Balaban J connectivity index is 1.96. The van der Waals surface area contributed by atoms with Gasteiger partial charge in [0.25, 0.3) is 0 Å². The maximum atomic E-state index is 12.5. The number of alkyl halides is 2. The summed E-state index contributed by atoms with van der Waals surface area (Å²) in [6.45, 7) is 3.62. The molecular formula is C18H23F2N3O3S. The van der Waals surface area contributed by atoms with Crippen LogP contribution in [0.4, 0.5) is 13.9 Å². The number of hydrogen-bond acceptors (Lipinski definition) is 6. The van der Waals surface area contributed by atoms with Crippen LogP contribution in [-0.2, 0) is 11.3 Å². The fourth-order valence-corrected chi connectivity index (χ4v) is 3.24. The third-order valence-electron chi connectivity index (χ3n) is 3.66. The number of aryl methyl sites for hydroxylation is 2. The number of hydrogen-bond donors (Lipinski definition) is 1. The zero-order chi connectivity index (χ0) is 20.0. The molecule has 9 heteroatoms. The molecule has 2 rings (SSSR count). The van der Waals surface area contributed by atoms with Gasteiger partial charge in [0.2, 0.25) is 5.91 Å². The average Bonchev–Trinajstić information content (AvgIpc) is 2.87. The minimum Gasteiger partial charge on any atom is -0.490 e. The number of nitrogens with one attached hydrogen (secondary N) is 1. The van der Waals surface area contributed by atoms with Crippen LogP contribution in [0.25, 0.3) is 0 Å². The first-order chi connectivity index (χ1) is 12.8. The van der Waals surface area contributed by atoms with E-state index in [0.717, 1.165) is 16.1 Å². The van der Waals surface area contributed by atoms with Crippen molar-refractivity contribution in [1.82, 2.24) is 9.88 Å². The van der Waals surface area contributed by atoms with E-state index in [9.17, 15) is 13.6 Å². The number of aromatic nitrogens is 1. The number of amides is 1. The minimum absolute atomic E-state index is 0.00879. The van der Waals surface area contributed by atoms with E-state index in [1.165, 1.54) is 17.4 Å². The van der Waals surface area contributed by atoms with Gasteiger partial charge in [-0.05, 0) is 45.5 Å². The fraction of sp³-hybridized carbons (Fsp3) is 0.444. The first kappa shape index (κ1) is 21.0. The van der Waals surface area contributed by atoms with Gasteiger partial charge in [0.05, 0.1) is 18.8 Å². The Morgan fingerprint density at radius 2 is 2.07 bits per heavy atom. The van der Waals surface area contributed by atoms with Crippen LogP contribution >= 0.6 is 11.3 Å². The molecule has 0 spiro atoms. The lowest BCUT2D eigenvalue weighted by Gasteiger charge is -2.17. The molecule has 0 radical (unpaired) electrons. The van der Waals surface area contributed by atoms with Gasteiger partial charge in [-0.15, -0.1) is 11.3 Å². The molecule has 6 nitrogen and oxygen atoms in total. The minimum atomic E-state index is -2.92. The van der Waals surface area contributed by atoms with E-state index in [2.05, 4.69) is 15.0 Å². The van der Waals surface area contributed by atoms with Crippen molar-refractivity contribution in [3.05, 3.63) is 34.3 Å². The lowest BCUT2D eigenvalue weighted by Crippen LogP contribution is -2.29. The predicted octanol–water partition coefficient (Wildman–Crippen LogP) is 3.83. The van der Waals surface area contributed by atoms with E-state index in [-0.39, 0.29) is 24.0 Å². The van der Waals surface area contributed by atoms with Gasteiger partial charge >= 0.3 is 6.61 Å². The summed E-state index contributed by atoms with van der Waals surface area (Å²) in [6.07, 6.45) is 0. The van der Waals surface area contributed by atoms with Gasteiger partial charge in [0.1, 0.15) is 0 Å². The second kappa shape index (κ2) is 9.61. The number of carbonyl (C=O) groups excluding carboxylic acids is 1. The molecule has 1 aromatic heterocycles. The Bertz CT molecular complexity index is 764. The summed E-state index contributed by atoms with van der Waals surface area (Å²) >= 11 is 1.43. The zero-order valence-corrected chi connectivity index (χ0v) is 16.5. The highest BCUT2D eigenvalue weighted by molar-refractivity contribution is 7.15. The molecule has 0 aliphatic rings. The molecule has 0 saturated carbocycles. The summed E-state index contributed by atoms with van der Waals surface area (Å²) < 4.78 is 34.8. The normalized spacial score (nSPS) is 11.1. The van der Waals surface area contributed by atoms with E-state index in [1.54, 1.807) is 31.0 Å². The van der Waals surface area contributed by atoms with Gasteiger partial charge in [-0.3, -0.25) is 9.69 Å². The Hall–Kier alpha value is -2.26. The Morgan fingerprint density at radius 3 is 2.67 bits per heavy atom. The van der Waals surface area contributed by atoms with Crippen LogP contribution in [0, 0.1) is 13.8 Å². The van der Waals surface area contributed by atoms with Crippen molar-refractivity contribution in [2.45, 2.75) is 33.9 Å². The molecule has 0 atom stereocenters. The highest BCUT2D eigenvalue weighted by Gasteiger charge is 2.14. The van der Waals surface area contributed by atoms with Crippen LogP contribution in [0.15, 0.2) is 18.2 Å². The number of anilines is 1. The van der Waals surface area contributed by atoms with Crippen LogP contribution in [0.2, 0.25) is 0 Å². The molecule has 1 aromatic carbocycles. The molecule has 148 valence electrons. The van der Waals surface area contributed by atoms with Gasteiger partial charge in [-0.2, -0.15) is 8.78 Å². The van der Waals surface area contributed by atoms with Crippen molar-refractivity contribution in [3.63, 3.8) is 0 Å². The van der Waals surface area contributed by atoms with Crippen molar-refractivity contribution in [2.24, 2.45) is 0 Å². The van der Waals surface area contributed by atoms with Gasteiger partial charge < -0.3 is 14.8 Å². The largest absolute Gasteiger partial charge is 0.490 e. The van der Waals surface area contributed by atoms with Crippen molar-refractivity contribution in [2.75, 3.05) is 25.5 Å². The number of carbonyl (C=O) groups is 1. The topological polar surface area (TPSA) is 63.7 Å². The Kier molecular flexibility index (Phi) is 7.49. The van der Waals surface area contributed by atoms with E-state index < -0.39 is 6.61 Å². The molecule has 2 aromatic rings. The molecule has 1 N–H and O–H groups in total. The summed E-state index contributed by atoms with van der Waals surface area (Å²) in [5.41, 5.74) is 1.72. The molecular weight excluding hydrogens is 376 g/mol. The van der Waals surface area contributed by atoms with Crippen LogP contribution in [0.3, 0.4) is 0 Å². The molecule has 0 fully saturated rings. The SMILES string of the molecule is CCOc1cc(CN(C)CC(=O)Nc2nc(C)c(C)s2)ccc1OC(F)F. The molecule has 0 aliphatic carbocycles. The Morgan fingerprint density at radius 1 is 1.33 bits per heavy atom. The van der Waals surface area contributed by atoms with Gasteiger partial charge in [0, 0.05) is 11.4 Å². The number of thiazole rings is 1. The second-order valence-electron chi connectivity index (χ2n) is 5.97. The van der Waals surface area contributed by atoms with Gasteiger partial charge in [0.15, 0.2) is 16.6 Å². The molecule has 27 heavy (non-hydrogen) atoms. The molecule has 0 saturated heterocycles. The first-order valence-electron chi connectivity index (χ1n) is 8.41. The lowest BCUT2D eigenvalue weighted by atomic mass is 10.2. The van der Waals surface area contributed by atoms with Crippen LogP contribution in [0.1, 0.15) is 23.1 Å². The summed E-state index contributed by atoms with van der Waals surface area (Å²) in [5.74, 6) is 0.0707. The number of halogens is 2. The third kappa shape index (κ3) is 6.44. The lowest BCUT2D eigenvalue weighted by molar-refractivity contribution is -0.117. The molecule has 1 heterocycles. The van der Waals surface area contributed by atoms with Crippen LogP contribution in [0.5, 0.6) is 11.5 Å². The highest BCUT2D eigenvalue weighted by Crippen LogP contribution is 2.30. The summed E-state index contributed by atoms with van der Waals surface area (Å²) in [5, 5.41) is 3.36. The number of likely N-dealkylation sites (N-methyl/N-ethyl adjacent to an activating group) is 1. The van der Waals surface area contributed by atoms with Crippen molar-refractivity contribution >= 4 is 22.4 Å². The fourth-order valence-electron chi connectivity index (χ4n) is 2.41. The second-order valence-corrected chi connectivity index (χ2v) is 7.18. The summed E-state index contributed by atoms with van der Waals surface area (Å²) in [6, 6.07) is 4.76. The molecule has 1 amide bonds. The maximum absolute atomic E-state index is 12.5. The van der Waals surface area contributed by atoms with E-state index >= 15 is 0 Å². The van der Waals surface area contributed by atoms with Crippen LogP contribution < -0.4 is 14.8 Å². The number of nitrogens with zero attached hydrogens (tertiary/aromatic N) is 2. The standard InChI is InChI=1S/C18H23F2N3O3S/c1-5-25-15-8-13(6-7-14(15)26-17(19)20)9-23(4)10-16(24)22-18-21-11(2)12(3)27-18/h6-8,17H,5,9-10H2,1-4H3,(H,21,22,24). The maximum Gasteiger partial charge on any atom is 0.387 e. The number of ether oxygens (including phenoxy) is 2. The average molecular weight is 399 g/mol. The van der Waals surface area contributed by atoms with Crippen LogP contribution in [-0.4, -0.2) is 42.6 Å².